The highest BCUT2D eigenvalue weighted by Crippen LogP contribution is 2.54. The predicted octanol–water partition coefficient (Wildman–Crippen LogP) is 3.48. The number of carbonyl (C=O) groups is 3. The van der Waals surface area contributed by atoms with Crippen LogP contribution in [0.3, 0.4) is 0 Å². The zero-order valence-corrected chi connectivity index (χ0v) is 18.0. The molecule has 0 unspecified atom stereocenters. The fraction of sp³-hybridized carbons (Fsp3) is 0.522. The van der Waals surface area contributed by atoms with Gasteiger partial charge < -0.3 is 23.4 Å². The highest BCUT2D eigenvalue weighted by Gasteiger charge is 2.57. The summed E-state index contributed by atoms with van der Waals surface area (Å²) in [5.74, 6) is -0.982. The molecular formula is C23H26O8. The molecule has 1 fully saturated rings. The first-order chi connectivity index (χ1) is 14.6. The molecule has 4 heterocycles. The molecule has 0 aromatic carbocycles. The fourth-order valence-electron chi connectivity index (χ4n) is 4.43. The lowest BCUT2D eigenvalue weighted by atomic mass is 9.86. The molecule has 8 heteroatoms. The molecule has 8 nitrogen and oxygen atoms in total. The molecule has 31 heavy (non-hydrogen) atoms. The maximum absolute atomic E-state index is 12.6. The molecule has 4 bridgehead atoms. The summed E-state index contributed by atoms with van der Waals surface area (Å²) in [5, 5.41) is 0. The Morgan fingerprint density at radius 3 is 2.45 bits per heavy atom. The van der Waals surface area contributed by atoms with Gasteiger partial charge in [-0.3, -0.25) is 9.59 Å². The van der Waals surface area contributed by atoms with Crippen molar-refractivity contribution in [3.05, 3.63) is 47.5 Å². The summed E-state index contributed by atoms with van der Waals surface area (Å²) in [6.07, 6.45) is -0.182. The van der Waals surface area contributed by atoms with E-state index < -0.39 is 47.7 Å². The van der Waals surface area contributed by atoms with E-state index in [4.69, 9.17) is 23.4 Å². The molecule has 6 atom stereocenters. The SMILES string of the molecule is C=C(C)[C@@H]1C[C@@H](OC(C)=O)C2=C[C@H](C[C@@]3(C)O[C@@H]3c3ccc(o3)[C@H]1OC(C)=O)OC2=O. The first-order valence-electron chi connectivity index (χ1n) is 10.3. The summed E-state index contributed by atoms with van der Waals surface area (Å²) in [5.41, 5.74) is 0.390. The summed E-state index contributed by atoms with van der Waals surface area (Å²) < 4.78 is 28.6. The van der Waals surface area contributed by atoms with Crippen LogP contribution in [-0.4, -0.2) is 35.7 Å². The molecule has 0 aliphatic carbocycles. The third-order valence-electron chi connectivity index (χ3n) is 5.95. The molecule has 1 saturated heterocycles. The molecule has 0 N–H and O–H groups in total. The highest BCUT2D eigenvalue weighted by molar-refractivity contribution is 5.92. The van der Waals surface area contributed by atoms with Gasteiger partial charge in [0.2, 0.25) is 0 Å². The van der Waals surface area contributed by atoms with Crippen LogP contribution >= 0.6 is 0 Å². The number of ether oxygens (including phenoxy) is 4. The van der Waals surface area contributed by atoms with Gasteiger partial charge in [0.25, 0.3) is 0 Å². The van der Waals surface area contributed by atoms with Gasteiger partial charge in [-0.2, -0.15) is 0 Å². The number of esters is 3. The van der Waals surface area contributed by atoms with E-state index in [2.05, 4.69) is 6.58 Å². The van der Waals surface area contributed by atoms with E-state index in [1.165, 1.54) is 13.8 Å². The Bertz CT molecular complexity index is 972. The lowest BCUT2D eigenvalue weighted by molar-refractivity contribution is -0.154. The van der Waals surface area contributed by atoms with Crippen LogP contribution in [0.5, 0.6) is 0 Å². The first-order valence-corrected chi connectivity index (χ1v) is 10.3. The van der Waals surface area contributed by atoms with Crippen LogP contribution in [0, 0.1) is 5.92 Å². The lowest BCUT2D eigenvalue weighted by Gasteiger charge is -2.29. The summed E-state index contributed by atoms with van der Waals surface area (Å²) in [6.45, 7) is 10.3. The van der Waals surface area contributed by atoms with Gasteiger partial charge in [0.1, 0.15) is 35.4 Å². The van der Waals surface area contributed by atoms with Crippen LogP contribution in [0.15, 0.2) is 40.4 Å². The van der Waals surface area contributed by atoms with Gasteiger partial charge in [-0.05, 0) is 38.5 Å². The average Bonchev–Trinajstić information content (AvgIpc) is 3.00. The van der Waals surface area contributed by atoms with E-state index in [1.807, 2.05) is 6.92 Å². The molecule has 3 aliphatic heterocycles. The number of fused-ring (bicyclic) bond motifs is 5. The Hall–Kier alpha value is -2.87. The summed E-state index contributed by atoms with van der Waals surface area (Å²) >= 11 is 0. The number of carbonyl (C=O) groups excluding carboxylic acids is 3. The van der Waals surface area contributed by atoms with Crippen molar-refractivity contribution in [2.75, 3.05) is 0 Å². The van der Waals surface area contributed by atoms with Crippen LogP contribution in [0.4, 0.5) is 0 Å². The van der Waals surface area contributed by atoms with E-state index >= 15 is 0 Å². The number of epoxide rings is 1. The van der Waals surface area contributed by atoms with Gasteiger partial charge in [0, 0.05) is 26.2 Å². The first kappa shape index (κ1) is 21.4. The quantitative estimate of drug-likeness (QED) is 0.311. The number of hydrogen-bond acceptors (Lipinski definition) is 8. The maximum Gasteiger partial charge on any atom is 0.338 e. The van der Waals surface area contributed by atoms with Crippen molar-refractivity contribution in [2.24, 2.45) is 5.92 Å². The molecule has 1 aromatic rings. The number of furan rings is 1. The molecule has 1 aromatic heterocycles. The van der Waals surface area contributed by atoms with Gasteiger partial charge in [-0.1, -0.05) is 12.2 Å². The summed E-state index contributed by atoms with van der Waals surface area (Å²) in [4.78, 5) is 36.4. The fourth-order valence-corrected chi connectivity index (χ4v) is 4.43. The molecule has 0 amide bonds. The molecule has 0 spiro atoms. The second-order valence-corrected chi connectivity index (χ2v) is 8.64. The van der Waals surface area contributed by atoms with Crippen molar-refractivity contribution in [2.45, 2.75) is 70.6 Å². The molecule has 166 valence electrons. The molecule has 4 rings (SSSR count). The van der Waals surface area contributed by atoms with E-state index in [9.17, 15) is 14.4 Å². The Morgan fingerprint density at radius 1 is 1.13 bits per heavy atom. The van der Waals surface area contributed by atoms with Gasteiger partial charge in [0.05, 0.1) is 5.57 Å². The van der Waals surface area contributed by atoms with Gasteiger partial charge in [-0.25, -0.2) is 4.79 Å². The minimum absolute atomic E-state index is 0.174. The van der Waals surface area contributed by atoms with Crippen LogP contribution in [0.2, 0.25) is 0 Å². The van der Waals surface area contributed by atoms with Crippen LogP contribution in [-0.2, 0) is 33.3 Å². The Balaban J connectivity index is 1.80. The third-order valence-corrected chi connectivity index (χ3v) is 5.95. The Labute approximate surface area is 180 Å². The van der Waals surface area contributed by atoms with Crippen molar-refractivity contribution >= 4 is 17.9 Å². The summed E-state index contributed by atoms with van der Waals surface area (Å²) in [7, 11) is 0. The smallest absolute Gasteiger partial charge is 0.338 e. The lowest BCUT2D eigenvalue weighted by Crippen LogP contribution is -2.29. The molecular weight excluding hydrogens is 404 g/mol. The van der Waals surface area contributed by atoms with Crippen LogP contribution < -0.4 is 0 Å². The van der Waals surface area contributed by atoms with E-state index in [1.54, 1.807) is 25.1 Å². The number of hydrogen-bond donors (Lipinski definition) is 0. The van der Waals surface area contributed by atoms with Gasteiger partial charge >= 0.3 is 17.9 Å². The van der Waals surface area contributed by atoms with Crippen molar-refractivity contribution < 1.29 is 37.7 Å². The van der Waals surface area contributed by atoms with E-state index in [0.29, 0.717) is 23.5 Å². The minimum Gasteiger partial charge on any atom is -0.459 e. The maximum atomic E-state index is 12.6. The van der Waals surface area contributed by atoms with Crippen molar-refractivity contribution in [1.29, 1.82) is 0 Å². The normalized spacial score (nSPS) is 34.1. The van der Waals surface area contributed by atoms with Crippen LogP contribution in [0.25, 0.3) is 0 Å². The Morgan fingerprint density at radius 2 is 1.81 bits per heavy atom. The van der Waals surface area contributed by atoms with E-state index in [-0.39, 0.29) is 18.1 Å². The average molecular weight is 430 g/mol. The zero-order chi connectivity index (χ0) is 22.5. The monoisotopic (exact) mass is 430 g/mol. The van der Waals surface area contributed by atoms with Gasteiger partial charge in [-0.15, -0.1) is 0 Å². The third kappa shape index (κ3) is 4.17. The zero-order valence-electron chi connectivity index (χ0n) is 18.0. The summed E-state index contributed by atoms with van der Waals surface area (Å²) in [6, 6.07) is 3.55. The molecule has 0 saturated carbocycles. The Kier molecular flexibility index (Phi) is 5.29. The minimum atomic E-state index is -0.881. The second-order valence-electron chi connectivity index (χ2n) is 8.64. The van der Waals surface area contributed by atoms with Crippen LogP contribution in [0.1, 0.15) is 64.3 Å². The van der Waals surface area contributed by atoms with E-state index in [0.717, 1.165) is 0 Å². The van der Waals surface area contributed by atoms with Crippen molar-refractivity contribution in [3.8, 4) is 0 Å². The second kappa shape index (κ2) is 7.67. The standard InChI is InChI=1S/C23H26O8/c1-11(2)15-9-19(27-12(3)24)16-8-14(29-22(16)26)10-23(5)21(31-23)18-7-6-17(30-18)20(15)28-13(4)25/h6-8,14-15,19-21H,1,9-10H2,2-5H3/t14-,15+,19-,20+,21-,23-/m1/s1. The molecule has 3 aliphatic rings. The highest BCUT2D eigenvalue weighted by atomic mass is 16.6. The topological polar surface area (TPSA) is 105 Å². The van der Waals surface area contributed by atoms with Crippen molar-refractivity contribution in [1.82, 2.24) is 0 Å². The molecule has 0 radical (unpaired) electrons. The van der Waals surface area contributed by atoms with Gasteiger partial charge in [0.15, 0.2) is 6.10 Å². The van der Waals surface area contributed by atoms with Crippen molar-refractivity contribution in [3.63, 3.8) is 0 Å². The predicted molar refractivity (Wildman–Crippen MR) is 107 cm³/mol. The number of rotatable bonds is 3. The largest absolute Gasteiger partial charge is 0.459 e.